The molecule has 0 bridgehead atoms. The maximum absolute atomic E-state index is 13.0. The standard InChI is InChI=1S/C26H31N3O7S2/c1-17-13-18(2)15-21(14-17)29(37(6,31)32)19(3)26(30)27-20-7-10-23(11-8-20)38(33,34)28-24-12-9-22(35-4)16-25(24)36-5/h7-16,19,28H,1-6H3,(H,27,30)/t19-/m1/s1. The highest BCUT2D eigenvalue weighted by atomic mass is 32.2. The molecular weight excluding hydrogens is 530 g/mol. The van der Waals surface area contributed by atoms with Gasteiger partial charge in [0.1, 0.15) is 17.5 Å². The first-order chi connectivity index (χ1) is 17.7. The van der Waals surface area contributed by atoms with Crippen molar-refractivity contribution in [2.24, 2.45) is 0 Å². The minimum Gasteiger partial charge on any atom is -0.497 e. The van der Waals surface area contributed by atoms with Gasteiger partial charge in [-0.1, -0.05) is 6.07 Å². The molecule has 1 atom stereocenters. The molecule has 3 aromatic carbocycles. The van der Waals surface area contributed by atoms with E-state index < -0.39 is 32.0 Å². The number of carbonyl (C=O) groups is 1. The van der Waals surface area contributed by atoms with E-state index in [0.29, 0.717) is 17.1 Å². The lowest BCUT2D eigenvalue weighted by molar-refractivity contribution is -0.116. The van der Waals surface area contributed by atoms with Gasteiger partial charge in [-0.15, -0.1) is 0 Å². The summed E-state index contributed by atoms with van der Waals surface area (Å²) in [6.45, 7) is 5.17. The van der Waals surface area contributed by atoms with Crippen molar-refractivity contribution < 1.29 is 31.1 Å². The van der Waals surface area contributed by atoms with Crippen molar-refractivity contribution in [1.29, 1.82) is 0 Å². The Morgan fingerprint density at radius 1 is 0.868 bits per heavy atom. The summed E-state index contributed by atoms with van der Waals surface area (Å²) in [5, 5.41) is 2.66. The summed E-state index contributed by atoms with van der Waals surface area (Å²) in [4.78, 5) is 13.0. The molecule has 0 aliphatic heterocycles. The van der Waals surface area contributed by atoms with Gasteiger partial charge in [-0.25, -0.2) is 16.8 Å². The van der Waals surface area contributed by atoms with Crippen LogP contribution >= 0.6 is 0 Å². The third-order valence-electron chi connectivity index (χ3n) is 5.63. The van der Waals surface area contributed by atoms with Gasteiger partial charge in [0.05, 0.1) is 36.7 Å². The molecule has 2 N–H and O–H groups in total. The van der Waals surface area contributed by atoms with Crippen LogP contribution < -0.4 is 23.8 Å². The summed E-state index contributed by atoms with van der Waals surface area (Å²) in [6, 6.07) is 14.4. The second-order valence-electron chi connectivity index (χ2n) is 8.77. The van der Waals surface area contributed by atoms with E-state index >= 15 is 0 Å². The number of nitrogens with one attached hydrogen (secondary N) is 2. The van der Waals surface area contributed by atoms with E-state index in [1.165, 1.54) is 51.5 Å². The lowest BCUT2D eigenvalue weighted by Gasteiger charge is -2.28. The normalized spacial score (nSPS) is 12.4. The van der Waals surface area contributed by atoms with Gasteiger partial charge in [0, 0.05) is 11.8 Å². The molecule has 10 nitrogen and oxygen atoms in total. The van der Waals surface area contributed by atoms with Crippen molar-refractivity contribution >= 4 is 43.0 Å². The van der Waals surface area contributed by atoms with Crippen molar-refractivity contribution in [3.8, 4) is 11.5 Å². The number of carbonyl (C=O) groups excluding carboxylic acids is 1. The quantitative estimate of drug-likeness (QED) is 0.384. The van der Waals surface area contributed by atoms with Gasteiger partial charge in [0.2, 0.25) is 15.9 Å². The first-order valence-corrected chi connectivity index (χ1v) is 14.8. The number of nitrogens with zero attached hydrogens (tertiary/aromatic N) is 1. The number of hydrogen-bond donors (Lipinski definition) is 2. The molecular formula is C26H31N3O7S2. The lowest BCUT2D eigenvalue weighted by atomic mass is 10.1. The fourth-order valence-corrected chi connectivity index (χ4v) is 6.17. The Balaban J connectivity index is 1.79. The highest BCUT2D eigenvalue weighted by Gasteiger charge is 2.29. The highest BCUT2D eigenvalue weighted by molar-refractivity contribution is 7.92. The molecule has 38 heavy (non-hydrogen) atoms. The molecule has 0 aromatic heterocycles. The van der Waals surface area contributed by atoms with Crippen LogP contribution in [-0.4, -0.2) is 49.3 Å². The third kappa shape index (κ3) is 6.75. The first-order valence-electron chi connectivity index (χ1n) is 11.5. The number of rotatable bonds is 10. The Hall–Kier alpha value is -3.77. The smallest absolute Gasteiger partial charge is 0.262 e. The molecule has 0 fully saturated rings. The Morgan fingerprint density at radius 3 is 2.00 bits per heavy atom. The van der Waals surface area contributed by atoms with E-state index in [1.807, 2.05) is 19.9 Å². The molecule has 204 valence electrons. The van der Waals surface area contributed by atoms with Crippen LogP contribution in [0.5, 0.6) is 11.5 Å². The van der Waals surface area contributed by atoms with Gasteiger partial charge < -0.3 is 14.8 Å². The first kappa shape index (κ1) is 28.8. The number of ether oxygens (including phenoxy) is 2. The van der Waals surface area contributed by atoms with Gasteiger partial charge in [0.15, 0.2) is 0 Å². The largest absolute Gasteiger partial charge is 0.497 e. The molecule has 0 unspecified atom stereocenters. The highest BCUT2D eigenvalue weighted by Crippen LogP contribution is 2.31. The molecule has 0 aliphatic carbocycles. The van der Waals surface area contributed by atoms with Gasteiger partial charge in [0.25, 0.3) is 10.0 Å². The van der Waals surface area contributed by atoms with Crippen molar-refractivity contribution in [3.63, 3.8) is 0 Å². The molecule has 0 spiro atoms. The lowest BCUT2D eigenvalue weighted by Crippen LogP contribution is -2.45. The average Bonchev–Trinajstić information content (AvgIpc) is 2.83. The van der Waals surface area contributed by atoms with E-state index in [9.17, 15) is 21.6 Å². The molecule has 1 amide bonds. The predicted molar refractivity (Wildman–Crippen MR) is 148 cm³/mol. The monoisotopic (exact) mass is 561 g/mol. The number of sulfonamides is 2. The number of hydrogen-bond acceptors (Lipinski definition) is 7. The predicted octanol–water partition coefficient (Wildman–Crippen LogP) is 3.91. The SMILES string of the molecule is COc1ccc(NS(=O)(=O)c2ccc(NC(=O)[C@@H](C)N(c3cc(C)cc(C)c3)S(C)(=O)=O)cc2)c(OC)c1. The number of anilines is 3. The molecule has 0 heterocycles. The second kappa shape index (κ2) is 11.3. The zero-order valence-corrected chi connectivity index (χ0v) is 23.6. The van der Waals surface area contributed by atoms with Crippen LogP contribution in [0.4, 0.5) is 17.1 Å². The summed E-state index contributed by atoms with van der Waals surface area (Å²) in [7, 11) is -4.86. The Kier molecular flexibility index (Phi) is 8.58. The molecule has 0 saturated heterocycles. The van der Waals surface area contributed by atoms with E-state index in [4.69, 9.17) is 9.47 Å². The number of aryl methyl sites for hydroxylation is 2. The number of benzene rings is 3. The third-order valence-corrected chi connectivity index (χ3v) is 8.26. The van der Waals surface area contributed by atoms with Gasteiger partial charge in [-0.05, 0) is 80.4 Å². The number of amides is 1. The maximum Gasteiger partial charge on any atom is 0.262 e. The van der Waals surface area contributed by atoms with Crippen molar-refractivity contribution in [2.45, 2.75) is 31.7 Å². The molecule has 12 heteroatoms. The minimum absolute atomic E-state index is 0.0468. The Labute approximate surface area is 223 Å². The van der Waals surface area contributed by atoms with Crippen LogP contribution in [0.25, 0.3) is 0 Å². The van der Waals surface area contributed by atoms with E-state index in [-0.39, 0.29) is 16.3 Å². The topological polar surface area (TPSA) is 131 Å². The summed E-state index contributed by atoms with van der Waals surface area (Å²) < 4.78 is 64.9. The molecule has 0 aliphatic rings. The zero-order chi connectivity index (χ0) is 28.3. The summed E-state index contributed by atoms with van der Waals surface area (Å²) >= 11 is 0. The average molecular weight is 562 g/mol. The number of methoxy groups -OCH3 is 2. The maximum atomic E-state index is 13.0. The van der Waals surface area contributed by atoms with Gasteiger partial charge in [-0.2, -0.15) is 0 Å². The fourth-order valence-electron chi connectivity index (χ4n) is 3.94. The van der Waals surface area contributed by atoms with E-state index in [0.717, 1.165) is 21.7 Å². The fraction of sp³-hybridized carbons (Fsp3) is 0.269. The van der Waals surface area contributed by atoms with Gasteiger partial charge in [-0.3, -0.25) is 13.8 Å². The van der Waals surface area contributed by atoms with Gasteiger partial charge >= 0.3 is 0 Å². The summed E-state index contributed by atoms with van der Waals surface area (Å²) in [5.74, 6) is 0.211. The van der Waals surface area contributed by atoms with Crippen LogP contribution in [0, 0.1) is 13.8 Å². The van der Waals surface area contributed by atoms with Crippen molar-refractivity contribution in [3.05, 3.63) is 71.8 Å². The van der Waals surface area contributed by atoms with Crippen LogP contribution in [0.2, 0.25) is 0 Å². The molecule has 0 saturated carbocycles. The van der Waals surface area contributed by atoms with Crippen LogP contribution in [0.1, 0.15) is 18.1 Å². The summed E-state index contributed by atoms with van der Waals surface area (Å²) in [6.07, 6.45) is 1.04. The van der Waals surface area contributed by atoms with Crippen LogP contribution in [0.15, 0.2) is 65.6 Å². The Morgan fingerprint density at radius 2 is 1.47 bits per heavy atom. The van der Waals surface area contributed by atoms with E-state index in [2.05, 4.69) is 10.0 Å². The summed E-state index contributed by atoms with van der Waals surface area (Å²) in [5.41, 5.74) is 2.63. The molecule has 3 rings (SSSR count). The molecule has 0 radical (unpaired) electrons. The van der Waals surface area contributed by atoms with Crippen molar-refractivity contribution in [2.75, 3.05) is 34.8 Å². The Bertz CT molecular complexity index is 1520. The molecule has 3 aromatic rings. The van der Waals surface area contributed by atoms with E-state index in [1.54, 1.807) is 24.3 Å². The second-order valence-corrected chi connectivity index (χ2v) is 12.3. The van der Waals surface area contributed by atoms with Crippen molar-refractivity contribution in [1.82, 2.24) is 0 Å². The zero-order valence-electron chi connectivity index (χ0n) is 22.0. The van der Waals surface area contributed by atoms with Crippen LogP contribution in [0.3, 0.4) is 0 Å². The minimum atomic E-state index is -3.98. The van der Waals surface area contributed by atoms with Crippen LogP contribution in [-0.2, 0) is 24.8 Å².